The van der Waals surface area contributed by atoms with Gasteiger partial charge in [-0.25, -0.2) is 4.79 Å². The van der Waals surface area contributed by atoms with Gasteiger partial charge >= 0.3 is 5.97 Å². The highest BCUT2D eigenvalue weighted by Crippen LogP contribution is 2.41. The molecule has 8 heteroatoms. The third kappa shape index (κ3) is 4.87. The first-order valence-electron chi connectivity index (χ1n) is 13.5. The van der Waals surface area contributed by atoms with Crippen LogP contribution >= 0.6 is 0 Å². The van der Waals surface area contributed by atoms with E-state index in [1.807, 2.05) is 33.9 Å². The van der Waals surface area contributed by atoms with Crippen molar-refractivity contribution in [2.24, 2.45) is 5.92 Å². The highest BCUT2D eigenvalue weighted by atomic mass is 16.5. The molecule has 0 unspecified atom stereocenters. The molecule has 0 radical (unpaired) electrons. The summed E-state index contributed by atoms with van der Waals surface area (Å²) in [6.45, 7) is 8.79. The molecule has 0 saturated heterocycles. The van der Waals surface area contributed by atoms with Gasteiger partial charge in [-0.2, -0.15) is 0 Å². The quantitative estimate of drug-likeness (QED) is 0.231. The minimum atomic E-state index is -1.02. The molecule has 1 aliphatic rings. The van der Waals surface area contributed by atoms with E-state index in [1.54, 1.807) is 12.1 Å². The molecule has 3 aromatic heterocycles. The first-order valence-corrected chi connectivity index (χ1v) is 13.5. The van der Waals surface area contributed by atoms with E-state index in [4.69, 9.17) is 19.0 Å². The molecule has 8 nitrogen and oxygen atoms in total. The van der Waals surface area contributed by atoms with E-state index < -0.39 is 5.97 Å². The van der Waals surface area contributed by atoms with Crippen LogP contribution in [0.1, 0.15) is 73.3 Å². The SMILES string of the molecule is CCCOc1cc(C(=O)O)cc(OCCC)c1-n1cc(CC2CCC2)c2ncc(-c3c(C)noc3C)cc21. The van der Waals surface area contributed by atoms with E-state index in [1.165, 1.54) is 24.8 Å². The number of aromatic nitrogens is 3. The predicted octanol–water partition coefficient (Wildman–Crippen LogP) is 6.92. The van der Waals surface area contributed by atoms with Crippen molar-refractivity contribution < 1.29 is 23.9 Å². The van der Waals surface area contributed by atoms with Gasteiger partial charge in [-0.05, 0) is 62.8 Å². The summed E-state index contributed by atoms with van der Waals surface area (Å²) in [6.07, 6.45) is 10.3. The molecule has 38 heavy (non-hydrogen) atoms. The first kappa shape index (κ1) is 25.8. The van der Waals surface area contributed by atoms with E-state index in [-0.39, 0.29) is 5.56 Å². The van der Waals surface area contributed by atoms with Gasteiger partial charge in [0.25, 0.3) is 0 Å². The lowest BCUT2D eigenvalue weighted by molar-refractivity contribution is 0.0695. The van der Waals surface area contributed by atoms with E-state index >= 15 is 0 Å². The Hall–Kier alpha value is -3.81. The molecule has 1 N–H and O–H groups in total. The molecule has 1 aromatic carbocycles. The number of carboxylic acids is 1. The maximum atomic E-state index is 12.0. The van der Waals surface area contributed by atoms with Crippen molar-refractivity contribution in [2.75, 3.05) is 13.2 Å². The highest BCUT2D eigenvalue weighted by Gasteiger charge is 2.25. The summed E-state index contributed by atoms with van der Waals surface area (Å²) in [6, 6.07) is 5.29. The predicted molar refractivity (Wildman–Crippen MR) is 146 cm³/mol. The van der Waals surface area contributed by atoms with Crippen molar-refractivity contribution >= 4 is 17.0 Å². The lowest BCUT2D eigenvalue weighted by Crippen LogP contribution is -2.13. The zero-order chi connectivity index (χ0) is 26.8. The molecular formula is C30H35N3O5. The Bertz CT molecular complexity index is 1420. The van der Waals surface area contributed by atoms with Crippen molar-refractivity contribution in [1.82, 2.24) is 14.7 Å². The third-order valence-corrected chi connectivity index (χ3v) is 7.22. The zero-order valence-corrected chi connectivity index (χ0v) is 22.5. The Balaban J connectivity index is 1.77. The molecule has 0 amide bonds. The van der Waals surface area contributed by atoms with Crippen LogP contribution in [0.3, 0.4) is 0 Å². The van der Waals surface area contributed by atoms with E-state index in [9.17, 15) is 9.90 Å². The van der Waals surface area contributed by atoms with Gasteiger partial charge in [0, 0.05) is 23.5 Å². The van der Waals surface area contributed by atoms with E-state index in [0.717, 1.165) is 52.9 Å². The number of carboxylic acid groups (broad SMARTS) is 1. The van der Waals surface area contributed by atoms with Gasteiger partial charge in [0.1, 0.15) is 22.9 Å². The molecule has 0 aliphatic heterocycles. The van der Waals surface area contributed by atoms with Gasteiger partial charge in [0.2, 0.25) is 0 Å². The van der Waals surface area contributed by atoms with Crippen molar-refractivity contribution in [3.8, 4) is 28.3 Å². The Morgan fingerprint density at radius 3 is 2.32 bits per heavy atom. The number of aryl methyl sites for hydroxylation is 2. The van der Waals surface area contributed by atoms with Crippen LogP contribution in [0.15, 0.2) is 35.1 Å². The van der Waals surface area contributed by atoms with Crippen LogP contribution < -0.4 is 9.47 Å². The summed E-state index contributed by atoms with van der Waals surface area (Å²) in [7, 11) is 0. The Morgan fingerprint density at radius 1 is 1.11 bits per heavy atom. The van der Waals surface area contributed by atoms with Crippen LogP contribution in [0.4, 0.5) is 0 Å². The number of aromatic carboxylic acids is 1. The number of carbonyl (C=O) groups is 1. The molecule has 5 rings (SSSR count). The maximum absolute atomic E-state index is 12.0. The molecule has 0 atom stereocenters. The second kappa shape index (κ2) is 10.9. The second-order valence-corrected chi connectivity index (χ2v) is 10.1. The first-order chi connectivity index (χ1) is 18.4. The van der Waals surface area contributed by atoms with Gasteiger partial charge in [0.05, 0.1) is 35.5 Å². The molecule has 4 aromatic rings. The largest absolute Gasteiger partial charge is 0.491 e. The third-order valence-electron chi connectivity index (χ3n) is 7.22. The van der Waals surface area contributed by atoms with Crippen LogP contribution in [0.25, 0.3) is 27.8 Å². The van der Waals surface area contributed by atoms with Crippen molar-refractivity contribution in [3.05, 3.63) is 53.2 Å². The van der Waals surface area contributed by atoms with Crippen molar-refractivity contribution in [1.29, 1.82) is 0 Å². The molecular weight excluding hydrogens is 482 g/mol. The number of hydrogen-bond donors (Lipinski definition) is 1. The molecule has 0 bridgehead atoms. The van der Waals surface area contributed by atoms with Gasteiger partial charge in [-0.1, -0.05) is 38.3 Å². The molecule has 1 fully saturated rings. The van der Waals surface area contributed by atoms with Gasteiger partial charge in [-0.3, -0.25) is 4.98 Å². The van der Waals surface area contributed by atoms with Crippen molar-refractivity contribution in [2.45, 2.75) is 66.2 Å². The minimum Gasteiger partial charge on any atom is -0.491 e. The average Bonchev–Trinajstić information content (AvgIpc) is 3.41. The van der Waals surface area contributed by atoms with E-state index in [0.29, 0.717) is 36.3 Å². The smallest absolute Gasteiger partial charge is 0.335 e. The maximum Gasteiger partial charge on any atom is 0.335 e. The van der Waals surface area contributed by atoms with Crippen molar-refractivity contribution in [3.63, 3.8) is 0 Å². The summed E-state index contributed by atoms with van der Waals surface area (Å²) < 4.78 is 19.8. The van der Waals surface area contributed by atoms with Crippen LogP contribution in [-0.2, 0) is 6.42 Å². The molecule has 3 heterocycles. The van der Waals surface area contributed by atoms with Crippen LogP contribution in [-0.4, -0.2) is 39.0 Å². The Labute approximate surface area is 222 Å². The normalized spacial score (nSPS) is 13.6. The summed E-state index contributed by atoms with van der Waals surface area (Å²) in [4.78, 5) is 16.9. The number of benzene rings is 1. The standard InChI is InChI=1S/C30H35N3O5/c1-5-10-36-25-14-21(30(34)35)15-26(37-11-6-2)29(25)33-17-23(12-20-8-7-9-20)28-24(33)13-22(16-31-28)27-18(3)32-38-19(27)4/h13-17,20H,5-12H2,1-4H3,(H,34,35). The van der Waals surface area contributed by atoms with Gasteiger partial charge in [0.15, 0.2) is 0 Å². The Kier molecular flexibility index (Phi) is 7.40. The van der Waals surface area contributed by atoms with Crippen LogP contribution in [0.5, 0.6) is 11.5 Å². The zero-order valence-electron chi connectivity index (χ0n) is 22.5. The minimum absolute atomic E-state index is 0.131. The number of hydrogen-bond acceptors (Lipinski definition) is 6. The molecule has 200 valence electrons. The average molecular weight is 518 g/mol. The number of ether oxygens (including phenoxy) is 2. The fraction of sp³-hybridized carbons (Fsp3) is 0.433. The lowest BCUT2D eigenvalue weighted by Gasteiger charge is -2.24. The van der Waals surface area contributed by atoms with Crippen LogP contribution in [0, 0.1) is 19.8 Å². The van der Waals surface area contributed by atoms with Crippen LogP contribution in [0.2, 0.25) is 0 Å². The summed E-state index contributed by atoms with van der Waals surface area (Å²) in [5, 5.41) is 13.9. The summed E-state index contributed by atoms with van der Waals surface area (Å²) in [5.41, 5.74) is 6.48. The molecule has 0 spiro atoms. The second-order valence-electron chi connectivity index (χ2n) is 10.1. The summed E-state index contributed by atoms with van der Waals surface area (Å²) in [5.74, 6) is 1.32. The van der Waals surface area contributed by atoms with E-state index in [2.05, 4.69) is 22.0 Å². The highest BCUT2D eigenvalue weighted by molar-refractivity contribution is 5.91. The number of nitrogens with zero attached hydrogens (tertiary/aromatic N) is 3. The molecule has 1 saturated carbocycles. The monoisotopic (exact) mass is 517 g/mol. The Morgan fingerprint density at radius 2 is 1.79 bits per heavy atom. The molecule has 1 aliphatic carbocycles. The number of pyridine rings is 1. The number of fused-ring (bicyclic) bond motifs is 1. The summed E-state index contributed by atoms with van der Waals surface area (Å²) >= 11 is 0. The topological polar surface area (TPSA) is 99.6 Å². The lowest BCUT2D eigenvalue weighted by atomic mass is 9.81. The van der Waals surface area contributed by atoms with Gasteiger partial charge in [-0.15, -0.1) is 0 Å². The van der Waals surface area contributed by atoms with Gasteiger partial charge < -0.3 is 23.7 Å². The number of rotatable bonds is 11. The fourth-order valence-corrected chi connectivity index (χ4v) is 5.13. The fourth-order valence-electron chi connectivity index (χ4n) is 5.13.